The van der Waals surface area contributed by atoms with Crippen LogP contribution in [0.5, 0.6) is 0 Å². The standard InChI is InChI=1S/C15H15FN2O2/c16-13-6-4-12(5-7-13)11-17-14(19)8-10-18-9-2-1-3-15(18)20/h1-7,9H,8,10-11H2,(H,17,19). The zero-order valence-electron chi connectivity index (χ0n) is 10.9. The van der Waals surface area contributed by atoms with Crippen LogP contribution in [0.1, 0.15) is 12.0 Å². The van der Waals surface area contributed by atoms with E-state index in [1.165, 1.54) is 22.8 Å². The van der Waals surface area contributed by atoms with Crippen molar-refractivity contribution in [1.29, 1.82) is 0 Å². The summed E-state index contributed by atoms with van der Waals surface area (Å²) in [6.07, 6.45) is 1.88. The highest BCUT2D eigenvalue weighted by Gasteiger charge is 2.03. The average molecular weight is 274 g/mol. The second-order valence-electron chi connectivity index (χ2n) is 4.39. The number of carbonyl (C=O) groups excluding carboxylic acids is 1. The van der Waals surface area contributed by atoms with Crippen LogP contribution in [0.3, 0.4) is 0 Å². The predicted octanol–water partition coefficient (Wildman–Crippen LogP) is 1.69. The third kappa shape index (κ3) is 4.05. The Morgan fingerprint density at radius 2 is 1.90 bits per heavy atom. The van der Waals surface area contributed by atoms with Crippen LogP contribution < -0.4 is 10.9 Å². The SMILES string of the molecule is O=C(CCn1ccccc1=O)NCc1ccc(F)cc1. The molecule has 0 bridgehead atoms. The number of carbonyl (C=O) groups is 1. The van der Waals surface area contributed by atoms with Gasteiger partial charge in [0.15, 0.2) is 0 Å². The van der Waals surface area contributed by atoms with Gasteiger partial charge in [-0.3, -0.25) is 9.59 Å². The summed E-state index contributed by atoms with van der Waals surface area (Å²) in [5.74, 6) is -0.450. The predicted molar refractivity (Wildman–Crippen MR) is 73.6 cm³/mol. The van der Waals surface area contributed by atoms with Crippen LogP contribution in [0.4, 0.5) is 4.39 Å². The summed E-state index contributed by atoms with van der Waals surface area (Å²) in [5, 5.41) is 2.73. The molecule has 1 amide bonds. The number of nitrogens with zero attached hydrogens (tertiary/aromatic N) is 1. The highest BCUT2D eigenvalue weighted by Crippen LogP contribution is 2.02. The molecule has 1 aromatic carbocycles. The van der Waals surface area contributed by atoms with Crippen molar-refractivity contribution >= 4 is 5.91 Å². The minimum absolute atomic E-state index is 0.126. The molecule has 0 saturated heterocycles. The minimum Gasteiger partial charge on any atom is -0.352 e. The Bertz CT molecular complexity index is 635. The van der Waals surface area contributed by atoms with Crippen LogP contribution in [0.15, 0.2) is 53.5 Å². The highest BCUT2D eigenvalue weighted by atomic mass is 19.1. The van der Waals surface area contributed by atoms with E-state index in [0.29, 0.717) is 13.1 Å². The van der Waals surface area contributed by atoms with Crippen molar-refractivity contribution in [2.75, 3.05) is 0 Å². The van der Waals surface area contributed by atoms with Gasteiger partial charge in [0, 0.05) is 31.8 Å². The van der Waals surface area contributed by atoms with Crippen molar-refractivity contribution in [3.63, 3.8) is 0 Å². The van der Waals surface area contributed by atoms with E-state index in [1.807, 2.05) is 0 Å². The lowest BCUT2D eigenvalue weighted by molar-refractivity contribution is -0.121. The molecule has 0 aliphatic carbocycles. The number of rotatable bonds is 5. The van der Waals surface area contributed by atoms with E-state index < -0.39 is 0 Å². The van der Waals surface area contributed by atoms with Crippen LogP contribution >= 0.6 is 0 Å². The van der Waals surface area contributed by atoms with E-state index in [-0.39, 0.29) is 23.7 Å². The van der Waals surface area contributed by atoms with Crippen molar-refractivity contribution in [3.8, 4) is 0 Å². The molecule has 2 aromatic rings. The second kappa shape index (κ2) is 6.65. The molecule has 0 unspecified atom stereocenters. The Kier molecular flexibility index (Phi) is 4.65. The summed E-state index contributed by atoms with van der Waals surface area (Å²) < 4.78 is 14.2. The molecule has 0 atom stereocenters. The van der Waals surface area contributed by atoms with Gasteiger partial charge in [0.1, 0.15) is 5.82 Å². The molecule has 0 saturated carbocycles. The summed E-state index contributed by atoms with van der Waals surface area (Å²) in [7, 11) is 0. The molecule has 0 aliphatic rings. The Morgan fingerprint density at radius 1 is 1.15 bits per heavy atom. The molecule has 0 radical (unpaired) electrons. The monoisotopic (exact) mass is 274 g/mol. The first-order valence-corrected chi connectivity index (χ1v) is 6.32. The zero-order chi connectivity index (χ0) is 14.4. The molecule has 1 N–H and O–H groups in total. The summed E-state index contributed by atoms with van der Waals surface area (Å²) in [5.41, 5.74) is 0.704. The fraction of sp³-hybridized carbons (Fsp3) is 0.200. The van der Waals surface area contributed by atoms with Gasteiger partial charge in [0.05, 0.1) is 0 Å². The smallest absolute Gasteiger partial charge is 0.250 e. The molecule has 4 nitrogen and oxygen atoms in total. The number of benzene rings is 1. The maximum Gasteiger partial charge on any atom is 0.250 e. The average Bonchev–Trinajstić information content (AvgIpc) is 2.46. The van der Waals surface area contributed by atoms with Crippen molar-refractivity contribution in [1.82, 2.24) is 9.88 Å². The Morgan fingerprint density at radius 3 is 2.60 bits per heavy atom. The van der Waals surface area contributed by atoms with E-state index >= 15 is 0 Å². The maximum absolute atomic E-state index is 12.7. The summed E-state index contributed by atoms with van der Waals surface area (Å²) >= 11 is 0. The zero-order valence-corrected chi connectivity index (χ0v) is 10.9. The molecular weight excluding hydrogens is 259 g/mol. The molecule has 20 heavy (non-hydrogen) atoms. The molecule has 104 valence electrons. The van der Waals surface area contributed by atoms with Gasteiger partial charge < -0.3 is 9.88 Å². The summed E-state index contributed by atoms with van der Waals surface area (Å²) in [4.78, 5) is 23.1. The number of hydrogen-bond donors (Lipinski definition) is 1. The van der Waals surface area contributed by atoms with E-state index in [0.717, 1.165) is 5.56 Å². The van der Waals surface area contributed by atoms with Crippen LogP contribution in [-0.2, 0) is 17.9 Å². The fourth-order valence-corrected chi connectivity index (χ4v) is 1.76. The molecule has 5 heteroatoms. The van der Waals surface area contributed by atoms with E-state index in [9.17, 15) is 14.0 Å². The Labute approximate surface area is 115 Å². The van der Waals surface area contributed by atoms with Crippen LogP contribution in [-0.4, -0.2) is 10.5 Å². The third-order valence-corrected chi connectivity index (χ3v) is 2.88. The van der Waals surface area contributed by atoms with Gasteiger partial charge in [0.2, 0.25) is 5.91 Å². The molecule has 1 heterocycles. The topological polar surface area (TPSA) is 51.1 Å². The van der Waals surface area contributed by atoms with Gasteiger partial charge >= 0.3 is 0 Å². The fourth-order valence-electron chi connectivity index (χ4n) is 1.76. The van der Waals surface area contributed by atoms with Crippen LogP contribution in [0, 0.1) is 5.82 Å². The molecule has 0 fully saturated rings. The summed E-state index contributed by atoms with van der Waals surface area (Å²) in [6, 6.07) is 10.8. The first-order chi connectivity index (χ1) is 9.65. The van der Waals surface area contributed by atoms with Gasteiger partial charge in [-0.05, 0) is 23.8 Å². The highest BCUT2D eigenvalue weighted by molar-refractivity contribution is 5.75. The number of aryl methyl sites for hydroxylation is 1. The van der Waals surface area contributed by atoms with Gasteiger partial charge in [-0.2, -0.15) is 0 Å². The van der Waals surface area contributed by atoms with Crippen LogP contribution in [0.2, 0.25) is 0 Å². The first-order valence-electron chi connectivity index (χ1n) is 6.32. The number of pyridine rings is 1. The number of aromatic nitrogens is 1. The van der Waals surface area contributed by atoms with Gasteiger partial charge in [-0.15, -0.1) is 0 Å². The quantitative estimate of drug-likeness (QED) is 0.902. The van der Waals surface area contributed by atoms with Crippen molar-refractivity contribution < 1.29 is 9.18 Å². The van der Waals surface area contributed by atoms with Crippen LogP contribution in [0.25, 0.3) is 0 Å². The van der Waals surface area contributed by atoms with Gasteiger partial charge in [-0.25, -0.2) is 4.39 Å². The van der Waals surface area contributed by atoms with Gasteiger partial charge in [-0.1, -0.05) is 18.2 Å². The lowest BCUT2D eigenvalue weighted by atomic mass is 10.2. The van der Waals surface area contributed by atoms with Gasteiger partial charge in [0.25, 0.3) is 5.56 Å². The summed E-state index contributed by atoms with van der Waals surface area (Å²) in [6.45, 7) is 0.692. The Balaban J connectivity index is 1.80. The van der Waals surface area contributed by atoms with E-state index in [4.69, 9.17) is 0 Å². The molecule has 2 rings (SSSR count). The maximum atomic E-state index is 12.7. The lowest BCUT2D eigenvalue weighted by Gasteiger charge is -2.07. The van der Waals surface area contributed by atoms with Crippen molar-refractivity contribution in [2.45, 2.75) is 19.5 Å². The third-order valence-electron chi connectivity index (χ3n) is 2.88. The number of halogens is 1. The van der Waals surface area contributed by atoms with Crippen molar-refractivity contribution in [2.24, 2.45) is 0 Å². The van der Waals surface area contributed by atoms with Crippen molar-refractivity contribution in [3.05, 3.63) is 70.4 Å². The normalized spacial score (nSPS) is 10.2. The number of nitrogens with one attached hydrogen (secondary N) is 1. The Hall–Kier alpha value is -2.43. The molecule has 0 aliphatic heterocycles. The van der Waals surface area contributed by atoms with E-state index in [1.54, 1.807) is 30.5 Å². The number of amides is 1. The minimum atomic E-state index is -0.302. The molecule has 1 aromatic heterocycles. The second-order valence-corrected chi connectivity index (χ2v) is 4.39. The largest absolute Gasteiger partial charge is 0.352 e. The number of hydrogen-bond acceptors (Lipinski definition) is 2. The molecular formula is C15H15FN2O2. The van der Waals surface area contributed by atoms with E-state index in [2.05, 4.69) is 5.32 Å². The molecule has 0 spiro atoms. The first kappa shape index (κ1) is 14.0. The lowest BCUT2D eigenvalue weighted by Crippen LogP contribution is -2.26.